The molecule has 1 amide bonds. The van der Waals surface area contributed by atoms with Crippen molar-refractivity contribution in [3.8, 4) is 22.6 Å². The number of hydrogen-bond acceptors (Lipinski definition) is 8. The van der Waals surface area contributed by atoms with Gasteiger partial charge in [0.1, 0.15) is 5.82 Å². The predicted molar refractivity (Wildman–Crippen MR) is 149 cm³/mol. The summed E-state index contributed by atoms with van der Waals surface area (Å²) < 4.78 is 40.6. The second kappa shape index (κ2) is 13.4. The molecular weight excluding hydrogens is 518 g/mol. The molecule has 2 aromatic carbocycles. The van der Waals surface area contributed by atoms with E-state index in [1.54, 1.807) is 12.3 Å². The average Bonchev–Trinajstić information content (AvgIpc) is 3.00. The normalized spacial score (nSPS) is 14.6. The maximum absolute atomic E-state index is 15.2. The van der Waals surface area contributed by atoms with Crippen molar-refractivity contribution in [3.63, 3.8) is 0 Å². The van der Waals surface area contributed by atoms with Gasteiger partial charge in [-0.05, 0) is 17.7 Å². The molecule has 9 nitrogen and oxygen atoms in total. The number of carbonyl (C=O) groups is 1. The van der Waals surface area contributed by atoms with Gasteiger partial charge in [0.15, 0.2) is 23.1 Å². The standard InChI is InChI=1S/C27H28F2N6O3.C2H6/c1-37-19-13-20(38-2)24(29)22(23(19)28)17-4-5-18(26-25(17)31-7-8-32-26)27(36)34-21-6-3-16(14-33-21)15-35-11-9-30-10-12-35;1-2/h3-6,13-14,30H,7-12,15H2,1-2H3,(H,33,34,36);1-2H3. The first kappa shape index (κ1) is 29.0. The Morgan fingerprint density at radius 2 is 1.62 bits per heavy atom. The molecule has 2 aliphatic heterocycles. The van der Waals surface area contributed by atoms with Crippen LogP contribution in [0.25, 0.3) is 11.1 Å². The highest BCUT2D eigenvalue weighted by Crippen LogP contribution is 2.36. The van der Waals surface area contributed by atoms with Crippen LogP contribution in [-0.2, 0) is 6.54 Å². The molecule has 40 heavy (non-hydrogen) atoms. The van der Waals surface area contributed by atoms with E-state index < -0.39 is 17.5 Å². The Balaban J connectivity index is 0.00000181. The highest BCUT2D eigenvalue weighted by molar-refractivity contribution is 6.03. The second-order valence-electron chi connectivity index (χ2n) is 8.94. The van der Waals surface area contributed by atoms with E-state index in [9.17, 15) is 4.79 Å². The van der Waals surface area contributed by atoms with Crippen LogP contribution in [0.5, 0.6) is 11.5 Å². The minimum absolute atomic E-state index is 0.155. The van der Waals surface area contributed by atoms with Gasteiger partial charge < -0.3 is 20.1 Å². The number of methoxy groups -OCH3 is 2. The molecule has 3 aromatic rings. The van der Waals surface area contributed by atoms with Crippen molar-refractivity contribution in [3.05, 3.63) is 70.0 Å². The van der Waals surface area contributed by atoms with Gasteiger partial charge >= 0.3 is 0 Å². The maximum atomic E-state index is 15.2. The number of rotatable bonds is 7. The number of piperazine rings is 1. The third kappa shape index (κ3) is 6.10. The summed E-state index contributed by atoms with van der Waals surface area (Å²) >= 11 is 0. The van der Waals surface area contributed by atoms with Gasteiger partial charge in [0.25, 0.3) is 5.91 Å². The summed E-state index contributed by atoms with van der Waals surface area (Å²) in [6, 6.07) is 7.78. The van der Waals surface area contributed by atoms with Gasteiger partial charge in [-0.3, -0.25) is 19.7 Å². The third-order valence-electron chi connectivity index (χ3n) is 6.56. The molecule has 0 saturated carbocycles. The van der Waals surface area contributed by atoms with E-state index >= 15 is 8.78 Å². The van der Waals surface area contributed by atoms with E-state index in [-0.39, 0.29) is 38.9 Å². The lowest BCUT2D eigenvalue weighted by Crippen LogP contribution is -2.42. The largest absolute Gasteiger partial charge is 0.494 e. The summed E-state index contributed by atoms with van der Waals surface area (Å²) in [5.74, 6) is -2.19. The number of nitrogens with one attached hydrogen (secondary N) is 2. The predicted octanol–water partition coefficient (Wildman–Crippen LogP) is 2.98. The minimum Gasteiger partial charge on any atom is -0.494 e. The number of halogens is 2. The molecule has 0 bridgehead atoms. The van der Waals surface area contributed by atoms with Crippen LogP contribution in [0.4, 0.5) is 14.6 Å². The molecule has 0 aliphatic carbocycles. The third-order valence-corrected chi connectivity index (χ3v) is 6.56. The Hall–Kier alpha value is -3.96. The Morgan fingerprint density at radius 1 is 0.975 bits per heavy atom. The molecule has 1 aromatic heterocycles. The van der Waals surface area contributed by atoms with E-state index in [1.165, 1.54) is 26.4 Å². The van der Waals surface area contributed by atoms with Gasteiger partial charge in [-0.1, -0.05) is 26.0 Å². The van der Waals surface area contributed by atoms with Gasteiger partial charge in [0, 0.05) is 50.6 Å². The number of benzene rings is 2. The monoisotopic (exact) mass is 552 g/mol. The van der Waals surface area contributed by atoms with Crippen molar-refractivity contribution in [1.29, 1.82) is 0 Å². The number of fused-ring (bicyclic) bond motifs is 1. The fourth-order valence-corrected chi connectivity index (χ4v) is 4.63. The number of carbonyl (C=O) groups excluding carboxylic acids is 1. The quantitative estimate of drug-likeness (QED) is 0.468. The first-order chi connectivity index (χ1) is 19.5. The van der Waals surface area contributed by atoms with Gasteiger partial charge in [-0.15, -0.1) is 0 Å². The molecule has 11 heteroatoms. The van der Waals surface area contributed by atoms with Crippen LogP contribution in [0, 0.1) is 11.6 Å². The number of amides is 1. The van der Waals surface area contributed by atoms with Crippen molar-refractivity contribution in [1.82, 2.24) is 15.2 Å². The first-order valence-electron chi connectivity index (χ1n) is 13.3. The average molecular weight is 553 g/mol. The van der Waals surface area contributed by atoms with Crippen LogP contribution in [0.15, 0.2) is 46.5 Å². The van der Waals surface area contributed by atoms with E-state index in [4.69, 9.17) is 9.47 Å². The lowest BCUT2D eigenvalue weighted by Gasteiger charge is -2.27. The second-order valence-corrected chi connectivity index (χ2v) is 8.94. The van der Waals surface area contributed by atoms with E-state index in [1.807, 2.05) is 19.9 Å². The molecule has 0 radical (unpaired) electrons. The molecule has 1 saturated heterocycles. The van der Waals surface area contributed by atoms with Crippen LogP contribution in [0.3, 0.4) is 0 Å². The molecule has 2 aliphatic rings. The van der Waals surface area contributed by atoms with Crippen LogP contribution in [0.2, 0.25) is 0 Å². The number of anilines is 1. The lowest BCUT2D eigenvalue weighted by molar-refractivity contribution is 0.102. The summed E-state index contributed by atoms with van der Waals surface area (Å²) in [6.45, 7) is 9.35. The Kier molecular flexibility index (Phi) is 9.73. The Bertz CT molecular complexity index is 1450. The fourth-order valence-electron chi connectivity index (χ4n) is 4.63. The molecule has 2 N–H and O–H groups in total. The van der Waals surface area contributed by atoms with Crippen molar-refractivity contribution in [2.24, 2.45) is 9.98 Å². The van der Waals surface area contributed by atoms with E-state index in [0.29, 0.717) is 18.9 Å². The zero-order chi connectivity index (χ0) is 28.6. The van der Waals surface area contributed by atoms with E-state index in [2.05, 4.69) is 30.5 Å². The van der Waals surface area contributed by atoms with Gasteiger partial charge in [-0.2, -0.15) is 0 Å². The molecule has 0 spiro atoms. The molecule has 0 atom stereocenters. The van der Waals surface area contributed by atoms with Gasteiger partial charge in [0.2, 0.25) is 0 Å². The summed E-state index contributed by atoms with van der Waals surface area (Å²) in [7, 11) is 2.57. The zero-order valence-corrected chi connectivity index (χ0v) is 23.2. The summed E-state index contributed by atoms with van der Waals surface area (Å²) in [4.78, 5) is 28.9. The topological polar surface area (TPSA) is 100 Å². The zero-order valence-electron chi connectivity index (χ0n) is 23.2. The Morgan fingerprint density at radius 3 is 2.23 bits per heavy atom. The number of nitrogens with zero attached hydrogens (tertiary/aromatic N) is 4. The number of aromatic nitrogens is 1. The van der Waals surface area contributed by atoms with Crippen LogP contribution < -0.4 is 30.8 Å². The smallest absolute Gasteiger partial charge is 0.259 e. The van der Waals surface area contributed by atoms with Crippen LogP contribution in [-0.4, -0.2) is 69.3 Å². The first-order valence-corrected chi connectivity index (χ1v) is 13.3. The van der Waals surface area contributed by atoms with Crippen molar-refractivity contribution in [2.45, 2.75) is 20.4 Å². The maximum Gasteiger partial charge on any atom is 0.259 e. The lowest BCUT2D eigenvalue weighted by atomic mass is 9.99. The van der Waals surface area contributed by atoms with Crippen LogP contribution >= 0.6 is 0 Å². The van der Waals surface area contributed by atoms with Crippen molar-refractivity contribution in [2.75, 3.05) is 58.8 Å². The summed E-state index contributed by atoms with van der Waals surface area (Å²) in [5, 5.41) is 6.62. The van der Waals surface area contributed by atoms with E-state index in [0.717, 1.165) is 44.4 Å². The molecule has 1 fully saturated rings. The number of hydrogen-bond donors (Lipinski definition) is 2. The van der Waals surface area contributed by atoms with Crippen molar-refractivity contribution >= 4 is 11.7 Å². The van der Waals surface area contributed by atoms with Gasteiger partial charge in [0.05, 0.1) is 49.2 Å². The van der Waals surface area contributed by atoms with Crippen molar-refractivity contribution < 1.29 is 23.0 Å². The highest BCUT2D eigenvalue weighted by Gasteiger charge is 2.25. The Labute approximate surface area is 232 Å². The number of ether oxygens (including phenoxy) is 2. The molecule has 0 unspecified atom stereocenters. The highest BCUT2D eigenvalue weighted by atomic mass is 19.1. The number of pyridine rings is 1. The molecule has 212 valence electrons. The SMILES string of the molecule is CC.COc1cc(OC)c(F)c(-c2ccc(C(=O)Nc3ccc(CN4CCNCC4)cn3)c3c2=NCCN=3)c1F. The molecule has 5 rings (SSSR count). The fraction of sp³-hybridized carbons (Fsp3) is 0.379. The minimum atomic E-state index is -0.893. The summed E-state index contributed by atoms with van der Waals surface area (Å²) in [6.07, 6.45) is 1.75. The van der Waals surface area contributed by atoms with Crippen LogP contribution in [0.1, 0.15) is 29.8 Å². The summed E-state index contributed by atoms with van der Waals surface area (Å²) in [5.41, 5.74) is 1.09. The molecule has 3 heterocycles. The van der Waals surface area contributed by atoms with Gasteiger partial charge in [-0.25, -0.2) is 13.8 Å². The molecular formula is C29H34F2N6O3.